The standard InChI is InChI=1S/C12H21N3O12S3.3Na/c16-28(17)27-7-1-4-24-10-13-11(25-5-2-8-29(18,19)20)15-12(14-10)26-6-3-9-30(21,22)23;;;/h1-9H2,(H,16,17)(H,18,19,20)(H,21,22,23);;;/q;3*+1/p-3. The Bertz CT molecular complexity index is 849. The van der Waals surface area contributed by atoms with Gasteiger partial charge in [-0.05, 0) is 12.8 Å². The van der Waals surface area contributed by atoms with Crippen molar-refractivity contribution < 1.29 is 142 Å². The average Bonchev–Trinajstić information content (AvgIpc) is 2.60. The van der Waals surface area contributed by atoms with Gasteiger partial charge >= 0.3 is 107 Å². The van der Waals surface area contributed by atoms with Gasteiger partial charge in [0.2, 0.25) is 0 Å². The third-order valence-electron chi connectivity index (χ3n) is 2.81. The monoisotopic (exact) mass is 561 g/mol. The van der Waals surface area contributed by atoms with Crippen LogP contribution in [0.15, 0.2) is 0 Å². The summed E-state index contributed by atoms with van der Waals surface area (Å²) in [7, 11) is -8.82. The van der Waals surface area contributed by atoms with Crippen LogP contribution in [0, 0.1) is 0 Å². The number of ether oxygens (including phenoxy) is 3. The molecule has 0 N–H and O–H groups in total. The van der Waals surface area contributed by atoms with Crippen molar-refractivity contribution in [2.45, 2.75) is 19.3 Å². The van der Waals surface area contributed by atoms with Crippen molar-refractivity contribution >= 4 is 31.6 Å². The molecule has 1 unspecified atom stereocenters. The Kier molecular flexibility index (Phi) is 24.0. The molecule has 0 radical (unpaired) electrons. The smallest absolute Gasteiger partial charge is 0.750 e. The first-order valence-electron chi connectivity index (χ1n) is 8.19. The fourth-order valence-electron chi connectivity index (χ4n) is 1.66. The molecule has 0 aromatic carbocycles. The maximum Gasteiger partial charge on any atom is 1.00 e. The van der Waals surface area contributed by atoms with Crippen LogP contribution in [0.4, 0.5) is 0 Å². The summed E-state index contributed by atoms with van der Waals surface area (Å²) in [6, 6.07) is -0.940. The van der Waals surface area contributed by atoms with Crippen LogP contribution >= 0.6 is 0 Å². The van der Waals surface area contributed by atoms with Gasteiger partial charge < -0.3 is 32.1 Å². The Hall–Kier alpha value is 1.30. The number of rotatable bonds is 16. The van der Waals surface area contributed by atoms with Crippen LogP contribution in [0.2, 0.25) is 0 Å². The molecule has 174 valence electrons. The molecule has 1 rings (SSSR count). The van der Waals surface area contributed by atoms with Crippen molar-refractivity contribution in [2.75, 3.05) is 37.9 Å². The normalized spacial score (nSPS) is 11.8. The molecule has 33 heavy (non-hydrogen) atoms. The predicted octanol–water partition coefficient (Wildman–Crippen LogP) is -10.9. The molecule has 0 saturated carbocycles. The molecule has 0 amide bonds. The maximum absolute atomic E-state index is 10.6. The van der Waals surface area contributed by atoms with Gasteiger partial charge in [-0.1, -0.05) is 0 Å². The number of aromatic nitrogens is 3. The van der Waals surface area contributed by atoms with Crippen molar-refractivity contribution in [3.8, 4) is 18.0 Å². The minimum Gasteiger partial charge on any atom is -0.750 e. The third kappa shape index (κ3) is 23.4. The van der Waals surface area contributed by atoms with Crippen molar-refractivity contribution in [1.82, 2.24) is 15.0 Å². The molecule has 0 fully saturated rings. The average molecular weight is 561 g/mol. The summed E-state index contributed by atoms with van der Waals surface area (Å²) in [5.41, 5.74) is 0. The van der Waals surface area contributed by atoms with Crippen LogP contribution in [-0.4, -0.2) is 87.6 Å². The first-order valence-corrected chi connectivity index (χ1v) is 12.3. The molecule has 0 aliphatic heterocycles. The molecule has 0 bridgehead atoms. The van der Waals surface area contributed by atoms with E-state index < -0.39 is 43.1 Å². The summed E-state index contributed by atoms with van der Waals surface area (Å²) in [6.07, 6.45) is -0.0986. The molecule has 1 atom stereocenters. The molecule has 1 aromatic heterocycles. The van der Waals surface area contributed by atoms with E-state index in [1.165, 1.54) is 0 Å². The molecule has 0 aliphatic carbocycles. The summed E-state index contributed by atoms with van der Waals surface area (Å²) in [5.74, 6) is -1.31. The van der Waals surface area contributed by atoms with Crippen molar-refractivity contribution in [1.29, 1.82) is 0 Å². The van der Waals surface area contributed by atoms with Crippen LogP contribution in [-0.2, 0) is 35.8 Å². The van der Waals surface area contributed by atoms with Gasteiger partial charge in [-0.2, -0.15) is 0 Å². The van der Waals surface area contributed by atoms with E-state index in [2.05, 4.69) is 19.1 Å². The molecule has 15 nitrogen and oxygen atoms in total. The fraction of sp³-hybridized carbons (Fsp3) is 0.750. The fourth-order valence-corrected chi connectivity index (χ4v) is 2.86. The van der Waals surface area contributed by atoms with Crippen LogP contribution in [0.25, 0.3) is 0 Å². The Morgan fingerprint density at radius 2 is 1.00 bits per heavy atom. The van der Waals surface area contributed by atoms with Crippen LogP contribution in [0.1, 0.15) is 19.3 Å². The Morgan fingerprint density at radius 3 is 1.30 bits per heavy atom. The van der Waals surface area contributed by atoms with E-state index in [0.717, 1.165) is 0 Å². The topological polar surface area (TPSA) is 230 Å². The molecule has 0 spiro atoms. The van der Waals surface area contributed by atoms with Gasteiger partial charge in [-0.25, -0.2) is 21.0 Å². The van der Waals surface area contributed by atoms with E-state index >= 15 is 0 Å². The molecular formula is C12H18N3Na3O12S3. The number of hydrogen-bond acceptors (Lipinski definition) is 15. The van der Waals surface area contributed by atoms with Gasteiger partial charge in [0.25, 0.3) is 0 Å². The Labute approximate surface area is 260 Å². The zero-order valence-electron chi connectivity index (χ0n) is 18.3. The van der Waals surface area contributed by atoms with Gasteiger partial charge in [0, 0.05) is 17.9 Å². The third-order valence-corrected chi connectivity index (χ3v) is 4.75. The van der Waals surface area contributed by atoms with Gasteiger partial charge in [0.1, 0.15) is 0 Å². The van der Waals surface area contributed by atoms with Crippen molar-refractivity contribution in [3.63, 3.8) is 0 Å². The van der Waals surface area contributed by atoms with Gasteiger partial charge in [-0.15, -0.1) is 15.0 Å². The summed E-state index contributed by atoms with van der Waals surface area (Å²) >= 11 is -2.66. The minimum absolute atomic E-state index is 0. The summed E-state index contributed by atoms with van der Waals surface area (Å²) in [4.78, 5) is 11.3. The first-order chi connectivity index (χ1) is 13.9. The van der Waals surface area contributed by atoms with E-state index in [9.17, 15) is 34.7 Å². The predicted molar refractivity (Wildman–Crippen MR) is 94.2 cm³/mol. The molecule has 0 aliphatic rings. The van der Waals surface area contributed by atoms with Crippen molar-refractivity contribution in [3.05, 3.63) is 0 Å². The molecule has 0 saturated heterocycles. The second-order valence-corrected chi connectivity index (χ2v) is 9.03. The minimum atomic E-state index is -4.41. The van der Waals surface area contributed by atoms with Gasteiger partial charge in [0.15, 0.2) is 0 Å². The largest absolute Gasteiger partial charge is 1.00 e. The van der Waals surface area contributed by atoms with Crippen molar-refractivity contribution in [2.24, 2.45) is 0 Å². The van der Waals surface area contributed by atoms with Crippen LogP contribution in [0.3, 0.4) is 0 Å². The zero-order valence-corrected chi connectivity index (χ0v) is 26.8. The first kappa shape index (κ1) is 38.8. The van der Waals surface area contributed by atoms with E-state index in [0.29, 0.717) is 0 Å². The molecule has 21 heteroatoms. The molecule has 1 heterocycles. The van der Waals surface area contributed by atoms with E-state index in [4.69, 9.17) is 14.2 Å². The van der Waals surface area contributed by atoms with Crippen LogP contribution in [0.5, 0.6) is 18.0 Å². The Morgan fingerprint density at radius 1 is 0.667 bits per heavy atom. The van der Waals surface area contributed by atoms with E-state index in [-0.39, 0.29) is 152 Å². The van der Waals surface area contributed by atoms with Gasteiger partial charge in [0.05, 0.1) is 58.0 Å². The van der Waals surface area contributed by atoms with Gasteiger partial charge in [-0.3, -0.25) is 0 Å². The van der Waals surface area contributed by atoms with E-state index in [1.807, 2.05) is 0 Å². The van der Waals surface area contributed by atoms with Crippen LogP contribution < -0.4 is 103 Å². The number of nitrogens with zero attached hydrogens (tertiary/aromatic N) is 3. The second-order valence-electron chi connectivity index (χ2n) is 5.34. The molecule has 1 aromatic rings. The summed E-state index contributed by atoms with van der Waals surface area (Å²) in [6.45, 7) is -0.645. The zero-order chi connectivity index (χ0) is 22.6. The maximum atomic E-state index is 10.6. The second kappa shape index (κ2) is 20.4. The molecular weight excluding hydrogens is 543 g/mol. The summed E-state index contributed by atoms with van der Waals surface area (Å²) < 4.78 is 104. The van der Waals surface area contributed by atoms with E-state index in [1.54, 1.807) is 0 Å². The number of hydrogen-bond donors (Lipinski definition) is 0. The SMILES string of the molecule is O=S([O-])OCCCOc1nc(OCCCS(=O)(=O)[O-])nc(OCCCS(=O)(=O)[O-])n1.[Na+].[Na+].[Na+]. The summed E-state index contributed by atoms with van der Waals surface area (Å²) in [5, 5.41) is 0. The Balaban J connectivity index is -0.00000300. The quantitative estimate of drug-likeness (QED) is 0.0789.